The number of amides is 1. The number of nitrogens with one attached hydrogen (secondary N) is 1. The molecule has 6 heteroatoms. The van der Waals surface area contributed by atoms with Gasteiger partial charge in [0.15, 0.2) is 0 Å². The third kappa shape index (κ3) is 4.15. The summed E-state index contributed by atoms with van der Waals surface area (Å²) in [7, 11) is 0. The lowest BCUT2D eigenvalue weighted by atomic mass is 10.1. The highest BCUT2D eigenvalue weighted by Gasteiger charge is 2.37. The first-order valence-corrected chi connectivity index (χ1v) is 6.35. The molecule has 0 aromatic carbocycles. The van der Waals surface area contributed by atoms with Gasteiger partial charge < -0.3 is 4.90 Å². The fraction of sp³-hybridized carbons (Fsp3) is 0.917. The monoisotopic (exact) mass is 266 g/mol. The smallest absolute Gasteiger partial charge is 0.326 e. The van der Waals surface area contributed by atoms with Gasteiger partial charge in [-0.2, -0.15) is 13.2 Å². The Morgan fingerprint density at radius 1 is 1.33 bits per heavy atom. The molecule has 1 saturated heterocycles. The van der Waals surface area contributed by atoms with Crippen LogP contribution in [-0.2, 0) is 4.79 Å². The van der Waals surface area contributed by atoms with E-state index in [9.17, 15) is 18.0 Å². The molecular formula is C12H21F3N2O. The standard InChI is InChI=1S/C12H21F3N2O/c1-8(2)10-16-9(3)11(18)17(10)7-5-4-6-12(13,14)15/h8-10,16H,4-7H2,1-3H3. The molecule has 0 aliphatic carbocycles. The van der Waals surface area contributed by atoms with E-state index in [0.29, 0.717) is 13.0 Å². The van der Waals surface area contributed by atoms with Gasteiger partial charge in [0.25, 0.3) is 0 Å². The molecule has 1 amide bonds. The van der Waals surface area contributed by atoms with Crippen LogP contribution in [0.2, 0.25) is 0 Å². The predicted molar refractivity (Wildman–Crippen MR) is 62.8 cm³/mol. The Hall–Kier alpha value is -0.780. The van der Waals surface area contributed by atoms with Crippen molar-refractivity contribution in [1.82, 2.24) is 10.2 Å². The molecule has 1 aliphatic heterocycles. The molecule has 1 aliphatic rings. The molecule has 106 valence electrons. The average Bonchev–Trinajstić information content (AvgIpc) is 2.50. The van der Waals surface area contributed by atoms with Gasteiger partial charge in [-0.1, -0.05) is 13.8 Å². The number of hydrogen-bond donors (Lipinski definition) is 1. The number of alkyl halides is 3. The molecule has 0 aromatic rings. The van der Waals surface area contributed by atoms with Crippen molar-refractivity contribution >= 4 is 5.91 Å². The third-order valence-electron chi connectivity index (χ3n) is 3.15. The van der Waals surface area contributed by atoms with Gasteiger partial charge in [-0.15, -0.1) is 0 Å². The molecule has 0 radical (unpaired) electrons. The maximum atomic E-state index is 12.0. The second-order valence-electron chi connectivity index (χ2n) is 5.18. The Morgan fingerprint density at radius 2 is 1.94 bits per heavy atom. The summed E-state index contributed by atoms with van der Waals surface area (Å²) in [6.45, 7) is 6.17. The summed E-state index contributed by atoms with van der Waals surface area (Å²) < 4.78 is 36.0. The van der Waals surface area contributed by atoms with Gasteiger partial charge in [0, 0.05) is 13.0 Å². The molecule has 2 unspecified atom stereocenters. The Morgan fingerprint density at radius 3 is 2.44 bits per heavy atom. The molecule has 0 saturated carbocycles. The van der Waals surface area contributed by atoms with Crippen LogP contribution in [-0.4, -0.2) is 35.7 Å². The van der Waals surface area contributed by atoms with E-state index in [1.165, 1.54) is 0 Å². The topological polar surface area (TPSA) is 32.3 Å². The van der Waals surface area contributed by atoms with Gasteiger partial charge in [0.2, 0.25) is 5.91 Å². The Balaban J connectivity index is 2.41. The zero-order valence-corrected chi connectivity index (χ0v) is 11.0. The number of rotatable bonds is 5. The number of hydrogen-bond acceptors (Lipinski definition) is 2. The summed E-state index contributed by atoms with van der Waals surface area (Å²) in [6, 6.07) is -0.236. The van der Waals surface area contributed by atoms with E-state index in [-0.39, 0.29) is 30.5 Å². The molecule has 0 aromatic heterocycles. The second kappa shape index (κ2) is 5.91. The molecule has 18 heavy (non-hydrogen) atoms. The molecule has 0 bridgehead atoms. The quantitative estimate of drug-likeness (QED) is 0.775. The van der Waals surface area contributed by atoms with Crippen molar-refractivity contribution < 1.29 is 18.0 Å². The van der Waals surface area contributed by atoms with E-state index in [1.54, 1.807) is 11.8 Å². The minimum absolute atomic E-state index is 0.0132. The summed E-state index contributed by atoms with van der Waals surface area (Å²) in [6.07, 6.45) is -4.46. The van der Waals surface area contributed by atoms with Crippen LogP contribution < -0.4 is 5.32 Å². The minimum atomic E-state index is -4.10. The molecule has 1 heterocycles. The van der Waals surface area contributed by atoms with Crippen LogP contribution in [0.25, 0.3) is 0 Å². The van der Waals surface area contributed by atoms with E-state index in [2.05, 4.69) is 5.32 Å². The van der Waals surface area contributed by atoms with Crippen LogP contribution in [0.4, 0.5) is 13.2 Å². The number of carbonyl (C=O) groups is 1. The average molecular weight is 266 g/mol. The van der Waals surface area contributed by atoms with Crippen LogP contribution in [0.3, 0.4) is 0 Å². The molecule has 2 atom stereocenters. The number of unbranched alkanes of at least 4 members (excludes halogenated alkanes) is 1. The van der Waals surface area contributed by atoms with Gasteiger partial charge in [0.1, 0.15) is 0 Å². The lowest BCUT2D eigenvalue weighted by Gasteiger charge is -2.27. The maximum Gasteiger partial charge on any atom is 0.389 e. The van der Waals surface area contributed by atoms with Crippen LogP contribution in [0.5, 0.6) is 0 Å². The summed E-state index contributed by atoms with van der Waals surface area (Å²) in [5.41, 5.74) is 0. The first-order valence-electron chi connectivity index (χ1n) is 6.35. The van der Waals surface area contributed by atoms with Gasteiger partial charge in [0.05, 0.1) is 12.2 Å². The van der Waals surface area contributed by atoms with E-state index in [1.807, 2.05) is 13.8 Å². The Kier molecular flexibility index (Phi) is 5.01. The summed E-state index contributed by atoms with van der Waals surface area (Å²) in [5, 5.41) is 3.16. The van der Waals surface area contributed by atoms with E-state index in [4.69, 9.17) is 0 Å². The minimum Gasteiger partial charge on any atom is -0.326 e. The largest absolute Gasteiger partial charge is 0.389 e. The number of halogens is 3. The number of nitrogens with zero attached hydrogens (tertiary/aromatic N) is 1. The second-order valence-corrected chi connectivity index (χ2v) is 5.18. The lowest BCUT2D eigenvalue weighted by Crippen LogP contribution is -2.41. The zero-order chi connectivity index (χ0) is 13.9. The van der Waals surface area contributed by atoms with Gasteiger partial charge in [-0.25, -0.2) is 0 Å². The fourth-order valence-electron chi connectivity index (χ4n) is 2.21. The van der Waals surface area contributed by atoms with Gasteiger partial charge in [-0.05, 0) is 25.7 Å². The van der Waals surface area contributed by atoms with Crippen molar-refractivity contribution in [2.24, 2.45) is 5.92 Å². The molecule has 1 fully saturated rings. The summed E-state index contributed by atoms with van der Waals surface area (Å²) >= 11 is 0. The van der Waals surface area contributed by atoms with Crippen molar-refractivity contribution in [2.75, 3.05) is 6.54 Å². The van der Waals surface area contributed by atoms with Gasteiger partial charge >= 0.3 is 6.18 Å². The summed E-state index contributed by atoms with van der Waals surface area (Å²) in [4.78, 5) is 13.5. The molecule has 1 N–H and O–H groups in total. The third-order valence-corrected chi connectivity index (χ3v) is 3.15. The lowest BCUT2D eigenvalue weighted by molar-refractivity contribution is -0.136. The van der Waals surface area contributed by atoms with Crippen LogP contribution in [0.15, 0.2) is 0 Å². The Labute approximate surface area is 106 Å². The van der Waals surface area contributed by atoms with Crippen molar-refractivity contribution in [1.29, 1.82) is 0 Å². The van der Waals surface area contributed by atoms with E-state index >= 15 is 0 Å². The van der Waals surface area contributed by atoms with Crippen LogP contribution in [0, 0.1) is 5.92 Å². The first-order chi connectivity index (χ1) is 8.22. The van der Waals surface area contributed by atoms with Crippen LogP contribution >= 0.6 is 0 Å². The van der Waals surface area contributed by atoms with E-state index in [0.717, 1.165) is 0 Å². The first kappa shape index (κ1) is 15.3. The highest BCUT2D eigenvalue weighted by molar-refractivity contribution is 5.83. The van der Waals surface area contributed by atoms with E-state index < -0.39 is 12.6 Å². The van der Waals surface area contributed by atoms with Crippen molar-refractivity contribution in [3.8, 4) is 0 Å². The zero-order valence-electron chi connectivity index (χ0n) is 11.0. The maximum absolute atomic E-state index is 12.0. The molecule has 1 rings (SSSR count). The highest BCUT2D eigenvalue weighted by atomic mass is 19.4. The van der Waals surface area contributed by atoms with Crippen molar-refractivity contribution in [3.63, 3.8) is 0 Å². The normalized spacial score (nSPS) is 25.3. The Bertz CT molecular complexity index is 292. The SMILES string of the molecule is CC1NC(C(C)C)N(CCCCC(F)(F)F)C1=O. The van der Waals surface area contributed by atoms with Gasteiger partial charge in [-0.3, -0.25) is 10.1 Å². The predicted octanol–water partition coefficient (Wildman–Crippen LogP) is 2.52. The number of carbonyl (C=O) groups excluding carboxylic acids is 1. The fourth-order valence-corrected chi connectivity index (χ4v) is 2.21. The highest BCUT2D eigenvalue weighted by Crippen LogP contribution is 2.23. The molecule has 3 nitrogen and oxygen atoms in total. The van der Waals surface area contributed by atoms with Crippen molar-refractivity contribution in [3.05, 3.63) is 0 Å². The molecule has 0 spiro atoms. The summed E-state index contributed by atoms with van der Waals surface area (Å²) in [5.74, 6) is 0.238. The van der Waals surface area contributed by atoms with Crippen LogP contribution in [0.1, 0.15) is 40.0 Å². The molecular weight excluding hydrogens is 245 g/mol. The van der Waals surface area contributed by atoms with Crippen molar-refractivity contribution in [2.45, 2.75) is 58.4 Å².